The molecule has 3 rings (SSSR count). The minimum atomic E-state index is 0.790. The van der Waals surface area contributed by atoms with Crippen molar-refractivity contribution in [2.24, 2.45) is 0 Å². The van der Waals surface area contributed by atoms with Crippen LogP contribution in [0.2, 0.25) is 5.02 Å². The highest BCUT2D eigenvalue weighted by atomic mass is 79.9. The molecule has 1 aromatic carbocycles. The molecule has 1 aliphatic rings. The molecule has 0 radical (unpaired) electrons. The van der Waals surface area contributed by atoms with Gasteiger partial charge < -0.3 is 9.80 Å². The van der Waals surface area contributed by atoms with E-state index in [1.54, 1.807) is 0 Å². The standard InChI is InChI=1S/C16H17BrClN3/c1-12-5-6-19-16(15(12)17)21-9-7-20(8-10-21)14-4-2-3-13(18)11-14/h2-6,11H,7-10H2,1H3. The van der Waals surface area contributed by atoms with Crippen LogP contribution in [0.5, 0.6) is 0 Å². The Hall–Kier alpha value is -1.26. The van der Waals surface area contributed by atoms with Crippen molar-refractivity contribution >= 4 is 39.0 Å². The summed E-state index contributed by atoms with van der Waals surface area (Å²) in [5.74, 6) is 1.04. The minimum absolute atomic E-state index is 0.790. The number of nitrogens with zero attached hydrogens (tertiary/aromatic N) is 3. The van der Waals surface area contributed by atoms with Crippen LogP contribution in [-0.2, 0) is 0 Å². The molecule has 1 saturated heterocycles. The Morgan fingerprint density at radius 1 is 1.10 bits per heavy atom. The Kier molecular flexibility index (Phi) is 4.36. The van der Waals surface area contributed by atoms with Crippen LogP contribution in [0.1, 0.15) is 5.56 Å². The average molecular weight is 367 g/mol. The summed E-state index contributed by atoms with van der Waals surface area (Å²) < 4.78 is 1.10. The molecule has 1 fully saturated rings. The fourth-order valence-electron chi connectivity index (χ4n) is 2.60. The third-order valence-electron chi connectivity index (χ3n) is 3.82. The third kappa shape index (κ3) is 3.16. The first-order valence-corrected chi connectivity index (χ1v) is 8.19. The first-order valence-electron chi connectivity index (χ1n) is 7.02. The van der Waals surface area contributed by atoms with E-state index < -0.39 is 0 Å². The van der Waals surface area contributed by atoms with Gasteiger partial charge in [-0.2, -0.15) is 0 Å². The molecule has 0 unspecified atom stereocenters. The van der Waals surface area contributed by atoms with Gasteiger partial charge in [0, 0.05) is 43.1 Å². The van der Waals surface area contributed by atoms with Crippen LogP contribution in [-0.4, -0.2) is 31.2 Å². The van der Waals surface area contributed by atoms with E-state index >= 15 is 0 Å². The topological polar surface area (TPSA) is 19.4 Å². The maximum absolute atomic E-state index is 6.07. The van der Waals surface area contributed by atoms with E-state index in [0.717, 1.165) is 41.5 Å². The Bertz CT molecular complexity index is 639. The molecule has 0 saturated carbocycles. The first kappa shape index (κ1) is 14.7. The number of aryl methyl sites for hydroxylation is 1. The molecule has 3 nitrogen and oxygen atoms in total. The van der Waals surface area contributed by atoms with E-state index in [1.807, 2.05) is 30.5 Å². The quantitative estimate of drug-likeness (QED) is 0.796. The number of piperazine rings is 1. The minimum Gasteiger partial charge on any atom is -0.368 e. The third-order valence-corrected chi connectivity index (χ3v) is 5.03. The molecule has 1 aliphatic heterocycles. The molecule has 0 bridgehead atoms. The maximum Gasteiger partial charge on any atom is 0.143 e. The fourth-order valence-corrected chi connectivity index (χ4v) is 3.27. The molecular weight excluding hydrogens is 350 g/mol. The van der Waals surface area contributed by atoms with Gasteiger partial charge in [0.05, 0.1) is 4.47 Å². The predicted molar refractivity (Wildman–Crippen MR) is 92.6 cm³/mol. The van der Waals surface area contributed by atoms with Gasteiger partial charge in [-0.05, 0) is 52.7 Å². The number of pyridine rings is 1. The fraction of sp³-hybridized carbons (Fsp3) is 0.312. The van der Waals surface area contributed by atoms with Gasteiger partial charge in [0.25, 0.3) is 0 Å². The number of aromatic nitrogens is 1. The highest BCUT2D eigenvalue weighted by molar-refractivity contribution is 9.10. The summed E-state index contributed by atoms with van der Waals surface area (Å²) in [6.07, 6.45) is 1.87. The summed E-state index contributed by atoms with van der Waals surface area (Å²) in [5, 5.41) is 0.790. The van der Waals surface area contributed by atoms with Gasteiger partial charge in [-0.15, -0.1) is 0 Å². The zero-order valence-corrected chi connectivity index (χ0v) is 14.2. The number of hydrogen-bond donors (Lipinski definition) is 0. The largest absolute Gasteiger partial charge is 0.368 e. The number of benzene rings is 1. The molecule has 21 heavy (non-hydrogen) atoms. The van der Waals surface area contributed by atoms with Crippen molar-refractivity contribution in [2.45, 2.75) is 6.92 Å². The second kappa shape index (κ2) is 6.24. The van der Waals surface area contributed by atoms with E-state index in [4.69, 9.17) is 11.6 Å². The second-order valence-corrected chi connectivity index (χ2v) is 6.45. The van der Waals surface area contributed by atoms with Crippen LogP contribution in [0.15, 0.2) is 41.0 Å². The molecule has 0 spiro atoms. The van der Waals surface area contributed by atoms with Crippen LogP contribution in [0, 0.1) is 6.92 Å². The molecular formula is C16H17BrClN3. The monoisotopic (exact) mass is 365 g/mol. The van der Waals surface area contributed by atoms with Crippen LogP contribution < -0.4 is 9.80 Å². The van der Waals surface area contributed by atoms with E-state index in [2.05, 4.69) is 43.7 Å². The van der Waals surface area contributed by atoms with Crippen molar-refractivity contribution in [1.29, 1.82) is 0 Å². The molecule has 2 aromatic rings. The van der Waals surface area contributed by atoms with E-state index in [-0.39, 0.29) is 0 Å². The highest BCUT2D eigenvalue weighted by Crippen LogP contribution is 2.28. The molecule has 0 amide bonds. The zero-order valence-electron chi connectivity index (χ0n) is 11.9. The molecule has 0 atom stereocenters. The number of rotatable bonds is 2. The van der Waals surface area contributed by atoms with Crippen LogP contribution >= 0.6 is 27.5 Å². The van der Waals surface area contributed by atoms with Crippen molar-refractivity contribution in [3.05, 3.63) is 51.6 Å². The summed E-state index contributed by atoms with van der Waals surface area (Å²) in [6.45, 7) is 5.96. The van der Waals surface area contributed by atoms with Gasteiger partial charge in [-0.3, -0.25) is 0 Å². The Balaban J connectivity index is 1.72. The molecule has 5 heteroatoms. The normalized spacial score (nSPS) is 15.4. The van der Waals surface area contributed by atoms with Crippen molar-refractivity contribution < 1.29 is 0 Å². The average Bonchev–Trinajstić information content (AvgIpc) is 2.50. The predicted octanol–water partition coefficient (Wildman–Crippen LogP) is 4.13. The Morgan fingerprint density at radius 3 is 2.52 bits per heavy atom. The van der Waals surface area contributed by atoms with Gasteiger partial charge in [0.15, 0.2) is 0 Å². The highest BCUT2D eigenvalue weighted by Gasteiger charge is 2.20. The molecule has 2 heterocycles. The van der Waals surface area contributed by atoms with Crippen LogP contribution in [0.3, 0.4) is 0 Å². The van der Waals surface area contributed by atoms with E-state index in [1.165, 1.54) is 11.3 Å². The smallest absolute Gasteiger partial charge is 0.143 e. The lowest BCUT2D eigenvalue weighted by Gasteiger charge is -2.37. The van der Waals surface area contributed by atoms with Crippen molar-refractivity contribution in [1.82, 2.24) is 4.98 Å². The lowest BCUT2D eigenvalue weighted by molar-refractivity contribution is 0.646. The van der Waals surface area contributed by atoms with Gasteiger partial charge in [0.1, 0.15) is 5.82 Å². The molecule has 110 valence electrons. The van der Waals surface area contributed by atoms with Crippen molar-refractivity contribution in [2.75, 3.05) is 36.0 Å². The molecule has 0 N–H and O–H groups in total. The van der Waals surface area contributed by atoms with E-state index in [0.29, 0.717) is 0 Å². The number of hydrogen-bond acceptors (Lipinski definition) is 3. The summed E-state index contributed by atoms with van der Waals surface area (Å²) in [5.41, 5.74) is 2.41. The van der Waals surface area contributed by atoms with Crippen LogP contribution in [0.25, 0.3) is 0 Å². The summed E-state index contributed by atoms with van der Waals surface area (Å²) >= 11 is 9.72. The zero-order chi connectivity index (χ0) is 14.8. The van der Waals surface area contributed by atoms with Gasteiger partial charge in [-0.1, -0.05) is 17.7 Å². The van der Waals surface area contributed by atoms with Gasteiger partial charge >= 0.3 is 0 Å². The van der Waals surface area contributed by atoms with Crippen molar-refractivity contribution in [3.8, 4) is 0 Å². The molecule has 1 aromatic heterocycles. The lowest BCUT2D eigenvalue weighted by Crippen LogP contribution is -2.47. The number of anilines is 2. The maximum atomic E-state index is 6.07. The summed E-state index contributed by atoms with van der Waals surface area (Å²) in [7, 11) is 0. The Morgan fingerprint density at radius 2 is 1.81 bits per heavy atom. The SMILES string of the molecule is Cc1ccnc(N2CCN(c3cccc(Cl)c3)CC2)c1Br. The summed E-state index contributed by atoms with van der Waals surface area (Å²) in [6, 6.07) is 10.1. The van der Waals surface area contributed by atoms with Gasteiger partial charge in [-0.25, -0.2) is 4.98 Å². The lowest BCUT2D eigenvalue weighted by atomic mass is 10.2. The van der Waals surface area contributed by atoms with Gasteiger partial charge in [0.2, 0.25) is 0 Å². The van der Waals surface area contributed by atoms with E-state index in [9.17, 15) is 0 Å². The van der Waals surface area contributed by atoms with Crippen molar-refractivity contribution in [3.63, 3.8) is 0 Å². The Labute approximate surface area is 138 Å². The number of halogens is 2. The summed E-state index contributed by atoms with van der Waals surface area (Å²) in [4.78, 5) is 9.21. The second-order valence-electron chi connectivity index (χ2n) is 5.22. The first-order chi connectivity index (χ1) is 10.1. The molecule has 0 aliphatic carbocycles. The van der Waals surface area contributed by atoms with Crippen LogP contribution in [0.4, 0.5) is 11.5 Å².